The highest BCUT2D eigenvalue weighted by atomic mass is 16.5. The first-order valence-corrected chi connectivity index (χ1v) is 9.53. The average molecular weight is 405 g/mol. The number of ether oxygens (including phenoxy) is 2. The lowest BCUT2D eigenvalue weighted by atomic mass is 10.2. The Balaban J connectivity index is 1.51. The van der Waals surface area contributed by atoms with Crippen molar-refractivity contribution in [3.63, 3.8) is 0 Å². The van der Waals surface area contributed by atoms with E-state index in [0.29, 0.717) is 42.1 Å². The molecule has 1 heterocycles. The zero-order chi connectivity index (χ0) is 21.2. The number of hydrogen-bond donors (Lipinski definition) is 2. The van der Waals surface area contributed by atoms with Gasteiger partial charge in [-0.3, -0.25) is 14.6 Å². The van der Waals surface area contributed by atoms with Crippen LogP contribution < -0.4 is 20.1 Å². The number of amides is 2. The number of hydrogen-bond acceptors (Lipinski definition) is 5. The van der Waals surface area contributed by atoms with Gasteiger partial charge in [0.1, 0.15) is 11.5 Å². The Morgan fingerprint density at radius 2 is 1.83 bits per heavy atom. The van der Waals surface area contributed by atoms with Crippen LogP contribution in [0.4, 0.5) is 11.4 Å². The number of para-hydroxylation sites is 1. The average Bonchev–Trinajstić information content (AvgIpc) is 2.79. The molecule has 3 aromatic rings. The third kappa shape index (κ3) is 6.07. The Labute approximate surface area is 175 Å². The first-order chi connectivity index (χ1) is 14.7. The van der Waals surface area contributed by atoms with E-state index in [1.165, 1.54) is 13.3 Å². The van der Waals surface area contributed by atoms with Gasteiger partial charge in [0.05, 0.1) is 25.0 Å². The molecule has 154 valence electrons. The van der Waals surface area contributed by atoms with Gasteiger partial charge in [-0.15, -0.1) is 0 Å². The Morgan fingerprint density at radius 1 is 1.00 bits per heavy atom. The Morgan fingerprint density at radius 3 is 2.57 bits per heavy atom. The molecule has 2 aromatic carbocycles. The smallest absolute Gasteiger partial charge is 0.257 e. The van der Waals surface area contributed by atoms with Crippen LogP contribution >= 0.6 is 0 Å². The third-order valence-corrected chi connectivity index (χ3v) is 4.22. The van der Waals surface area contributed by atoms with Crippen LogP contribution in [0.1, 0.15) is 23.2 Å². The van der Waals surface area contributed by atoms with Crippen molar-refractivity contribution in [2.24, 2.45) is 0 Å². The summed E-state index contributed by atoms with van der Waals surface area (Å²) in [6.07, 6.45) is 4.01. The quantitative estimate of drug-likeness (QED) is 0.522. The highest BCUT2D eigenvalue weighted by Crippen LogP contribution is 2.28. The molecular formula is C23H23N3O4. The number of nitrogens with one attached hydrogen (secondary N) is 2. The second-order valence-electron chi connectivity index (χ2n) is 6.42. The molecule has 30 heavy (non-hydrogen) atoms. The lowest BCUT2D eigenvalue weighted by molar-refractivity contribution is -0.116. The van der Waals surface area contributed by atoms with Gasteiger partial charge >= 0.3 is 0 Å². The van der Waals surface area contributed by atoms with E-state index < -0.39 is 0 Å². The van der Waals surface area contributed by atoms with Gasteiger partial charge in [0.15, 0.2) is 0 Å². The van der Waals surface area contributed by atoms with E-state index in [2.05, 4.69) is 15.6 Å². The largest absolute Gasteiger partial charge is 0.494 e. The SMILES string of the molecule is COc1cc(NC(=O)CCCOc2ccccc2)ccc1NC(=O)c1cccnc1. The summed E-state index contributed by atoms with van der Waals surface area (Å²) in [6, 6.07) is 17.9. The molecule has 1 aromatic heterocycles. The molecule has 0 aliphatic carbocycles. The number of methoxy groups -OCH3 is 1. The van der Waals surface area contributed by atoms with Gasteiger partial charge in [-0.05, 0) is 42.8 Å². The predicted octanol–water partition coefficient (Wildman–Crippen LogP) is 4.14. The summed E-state index contributed by atoms with van der Waals surface area (Å²) in [7, 11) is 1.50. The Kier molecular flexibility index (Phi) is 7.38. The van der Waals surface area contributed by atoms with Crippen LogP contribution in [0, 0.1) is 0 Å². The van der Waals surface area contributed by atoms with Crippen molar-refractivity contribution in [3.05, 3.63) is 78.6 Å². The normalized spacial score (nSPS) is 10.2. The van der Waals surface area contributed by atoms with Gasteiger partial charge in [-0.1, -0.05) is 18.2 Å². The molecule has 7 heteroatoms. The minimum Gasteiger partial charge on any atom is -0.494 e. The highest BCUT2D eigenvalue weighted by molar-refractivity contribution is 6.05. The molecule has 2 N–H and O–H groups in total. The molecule has 7 nitrogen and oxygen atoms in total. The molecule has 0 saturated heterocycles. The van der Waals surface area contributed by atoms with Gasteiger partial charge in [-0.25, -0.2) is 0 Å². The highest BCUT2D eigenvalue weighted by Gasteiger charge is 2.11. The van der Waals surface area contributed by atoms with E-state index >= 15 is 0 Å². The van der Waals surface area contributed by atoms with Crippen LogP contribution in [-0.2, 0) is 4.79 Å². The molecule has 0 spiro atoms. The van der Waals surface area contributed by atoms with Crippen LogP contribution in [0.2, 0.25) is 0 Å². The fourth-order valence-electron chi connectivity index (χ4n) is 2.73. The molecule has 0 radical (unpaired) electrons. The van der Waals surface area contributed by atoms with Crippen molar-refractivity contribution < 1.29 is 19.1 Å². The topological polar surface area (TPSA) is 89.5 Å². The van der Waals surface area contributed by atoms with E-state index in [1.807, 2.05) is 30.3 Å². The van der Waals surface area contributed by atoms with Crippen LogP contribution in [0.25, 0.3) is 0 Å². The van der Waals surface area contributed by atoms with Gasteiger partial charge in [0.2, 0.25) is 5.91 Å². The van der Waals surface area contributed by atoms with Crippen molar-refractivity contribution in [2.45, 2.75) is 12.8 Å². The van der Waals surface area contributed by atoms with Gasteiger partial charge in [-0.2, -0.15) is 0 Å². The molecular weight excluding hydrogens is 382 g/mol. The van der Waals surface area contributed by atoms with Crippen molar-refractivity contribution in [2.75, 3.05) is 24.4 Å². The lowest BCUT2D eigenvalue weighted by Crippen LogP contribution is -2.14. The summed E-state index contributed by atoms with van der Waals surface area (Å²) in [5.74, 6) is 0.807. The Hall–Kier alpha value is -3.87. The fourth-order valence-corrected chi connectivity index (χ4v) is 2.73. The molecule has 0 fully saturated rings. The van der Waals surface area contributed by atoms with E-state index in [-0.39, 0.29) is 11.8 Å². The fraction of sp³-hybridized carbons (Fsp3) is 0.174. The molecule has 0 aliphatic rings. The third-order valence-electron chi connectivity index (χ3n) is 4.22. The minimum absolute atomic E-state index is 0.124. The molecule has 0 atom stereocenters. The summed E-state index contributed by atoms with van der Waals surface area (Å²) >= 11 is 0. The molecule has 0 saturated carbocycles. The zero-order valence-corrected chi connectivity index (χ0v) is 16.6. The number of benzene rings is 2. The first kappa shape index (κ1) is 20.9. The summed E-state index contributed by atoms with van der Waals surface area (Å²) in [5.41, 5.74) is 1.52. The molecule has 0 aliphatic heterocycles. The Bertz CT molecular complexity index is 978. The monoisotopic (exact) mass is 405 g/mol. The standard InChI is InChI=1S/C23H23N3O4/c1-29-21-15-18(11-12-20(21)26-23(28)17-7-5-13-24-16-17)25-22(27)10-6-14-30-19-8-3-2-4-9-19/h2-5,7-9,11-13,15-16H,6,10,14H2,1H3,(H,25,27)(H,26,28). The van der Waals surface area contributed by atoms with E-state index in [0.717, 1.165) is 5.75 Å². The number of anilines is 2. The number of nitrogens with zero attached hydrogens (tertiary/aromatic N) is 1. The molecule has 0 unspecified atom stereocenters. The number of pyridine rings is 1. The maximum Gasteiger partial charge on any atom is 0.257 e. The summed E-state index contributed by atoms with van der Waals surface area (Å²) in [6.45, 7) is 0.458. The minimum atomic E-state index is -0.295. The van der Waals surface area contributed by atoms with E-state index in [4.69, 9.17) is 9.47 Å². The first-order valence-electron chi connectivity index (χ1n) is 9.53. The second-order valence-corrected chi connectivity index (χ2v) is 6.42. The van der Waals surface area contributed by atoms with Crippen molar-refractivity contribution in [3.8, 4) is 11.5 Å². The number of carbonyl (C=O) groups is 2. The van der Waals surface area contributed by atoms with Crippen LogP contribution in [-0.4, -0.2) is 30.5 Å². The van der Waals surface area contributed by atoms with E-state index in [9.17, 15) is 9.59 Å². The number of carbonyl (C=O) groups excluding carboxylic acids is 2. The summed E-state index contributed by atoms with van der Waals surface area (Å²) in [4.78, 5) is 28.4. The summed E-state index contributed by atoms with van der Waals surface area (Å²) < 4.78 is 10.9. The summed E-state index contributed by atoms with van der Waals surface area (Å²) in [5, 5.41) is 5.61. The number of aromatic nitrogens is 1. The second kappa shape index (κ2) is 10.6. The van der Waals surface area contributed by atoms with Crippen LogP contribution in [0.15, 0.2) is 73.1 Å². The van der Waals surface area contributed by atoms with E-state index in [1.54, 1.807) is 36.5 Å². The number of rotatable bonds is 9. The van der Waals surface area contributed by atoms with Crippen LogP contribution in [0.3, 0.4) is 0 Å². The van der Waals surface area contributed by atoms with Crippen molar-refractivity contribution in [1.29, 1.82) is 0 Å². The molecule has 0 bridgehead atoms. The zero-order valence-electron chi connectivity index (χ0n) is 16.6. The van der Waals surface area contributed by atoms with Gasteiger partial charge in [0, 0.05) is 30.6 Å². The van der Waals surface area contributed by atoms with Gasteiger partial charge in [0.25, 0.3) is 5.91 Å². The van der Waals surface area contributed by atoms with Gasteiger partial charge < -0.3 is 20.1 Å². The van der Waals surface area contributed by atoms with Crippen molar-refractivity contribution >= 4 is 23.2 Å². The molecule has 3 rings (SSSR count). The maximum atomic E-state index is 12.3. The maximum absolute atomic E-state index is 12.3. The van der Waals surface area contributed by atoms with Crippen molar-refractivity contribution in [1.82, 2.24) is 4.98 Å². The molecule has 2 amide bonds. The predicted molar refractivity (Wildman–Crippen MR) is 115 cm³/mol. The lowest BCUT2D eigenvalue weighted by Gasteiger charge is -2.13. The van der Waals surface area contributed by atoms with Crippen LogP contribution in [0.5, 0.6) is 11.5 Å².